The van der Waals surface area contributed by atoms with Crippen LogP contribution >= 0.6 is 0 Å². The van der Waals surface area contributed by atoms with Gasteiger partial charge in [-0.05, 0) is 25.0 Å². The van der Waals surface area contributed by atoms with Gasteiger partial charge in [0.1, 0.15) is 6.54 Å². The van der Waals surface area contributed by atoms with Crippen LogP contribution in [0.1, 0.15) is 23.2 Å². The molecule has 3 rings (SSSR count). The lowest BCUT2D eigenvalue weighted by atomic mass is 10.1. The molecule has 21 heavy (non-hydrogen) atoms. The lowest BCUT2D eigenvalue weighted by Crippen LogP contribution is -2.45. The Kier molecular flexibility index (Phi) is 3.70. The summed E-state index contributed by atoms with van der Waals surface area (Å²) in [7, 11) is 0. The van der Waals surface area contributed by atoms with Gasteiger partial charge in [0.15, 0.2) is 0 Å². The number of benzene rings is 1. The highest BCUT2D eigenvalue weighted by molar-refractivity contribution is 6.52. The lowest BCUT2D eigenvalue weighted by molar-refractivity contribution is -0.123. The van der Waals surface area contributed by atoms with Crippen LogP contribution in [0, 0.1) is 0 Å². The molecule has 1 fully saturated rings. The zero-order chi connectivity index (χ0) is 14.8. The van der Waals surface area contributed by atoms with Crippen molar-refractivity contribution >= 4 is 23.3 Å². The monoisotopic (exact) mass is 288 g/mol. The largest absolute Gasteiger partial charge is 0.381 e. The first-order chi connectivity index (χ1) is 10.2. The standard InChI is InChI=1S/C15H16N2O4/c18-13(16-10-5-7-21-8-6-10)9-17-12-4-2-1-3-11(12)14(19)15(17)20/h1-4,10H,5-9H2,(H,16,18). The predicted octanol–water partition coefficient (Wildman–Crippen LogP) is 0.511. The van der Waals surface area contributed by atoms with Gasteiger partial charge in [-0.3, -0.25) is 19.3 Å². The molecule has 1 aromatic rings. The number of nitrogens with one attached hydrogen (secondary N) is 1. The zero-order valence-corrected chi connectivity index (χ0v) is 11.5. The number of anilines is 1. The van der Waals surface area contributed by atoms with Crippen LogP contribution in [0.5, 0.6) is 0 Å². The fourth-order valence-corrected chi connectivity index (χ4v) is 2.66. The van der Waals surface area contributed by atoms with E-state index in [1.807, 2.05) is 0 Å². The Hall–Kier alpha value is -2.21. The third kappa shape index (κ3) is 2.67. The number of ether oxygens (including phenoxy) is 1. The number of para-hydroxylation sites is 1. The highest BCUT2D eigenvalue weighted by atomic mass is 16.5. The molecule has 1 N–H and O–H groups in total. The van der Waals surface area contributed by atoms with E-state index in [2.05, 4.69) is 5.32 Å². The molecule has 0 aliphatic carbocycles. The summed E-state index contributed by atoms with van der Waals surface area (Å²) in [5.41, 5.74) is 0.871. The van der Waals surface area contributed by atoms with Crippen LogP contribution < -0.4 is 10.2 Å². The molecule has 0 unspecified atom stereocenters. The van der Waals surface area contributed by atoms with Crippen molar-refractivity contribution in [3.05, 3.63) is 29.8 Å². The molecule has 6 heteroatoms. The summed E-state index contributed by atoms with van der Waals surface area (Å²) in [6.07, 6.45) is 1.55. The van der Waals surface area contributed by atoms with E-state index in [4.69, 9.17) is 4.74 Å². The van der Waals surface area contributed by atoms with Crippen molar-refractivity contribution in [2.45, 2.75) is 18.9 Å². The van der Waals surface area contributed by atoms with E-state index in [1.165, 1.54) is 4.90 Å². The van der Waals surface area contributed by atoms with Gasteiger partial charge in [-0.1, -0.05) is 12.1 Å². The summed E-state index contributed by atoms with van der Waals surface area (Å²) in [5, 5.41) is 2.89. The highest BCUT2D eigenvalue weighted by Crippen LogP contribution is 2.28. The molecular weight excluding hydrogens is 272 g/mol. The van der Waals surface area contributed by atoms with Crippen molar-refractivity contribution in [2.75, 3.05) is 24.7 Å². The van der Waals surface area contributed by atoms with Crippen molar-refractivity contribution in [3.63, 3.8) is 0 Å². The summed E-state index contributed by atoms with van der Waals surface area (Å²) in [6.45, 7) is 1.14. The van der Waals surface area contributed by atoms with Crippen molar-refractivity contribution in [1.29, 1.82) is 0 Å². The number of hydrogen-bond donors (Lipinski definition) is 1. The number of ketones is 1. The lowest BCUT2D eigenvalue weighted by Gasteiger charge is -2.24. The zero-order valence-electron chi connectivity index (χ0n) is 11.5. The Bertz CT molecular complexity index is 593. The van der Waals surface area contributed by atoms with Crippen molar-refractivity contribution in [2.24, 2.45) is 0 Å². The van der Waals surface area contributed by atoms with Gasteiger partial charge in [-0.25, -0.2) is 0 Å². The van der Waals surface area contributed by atoms with Crippen LogP contribution in [-0.2, 0) is 14.3 Å². The molecule has 0 radical (unpaired) electrons. The molecule has 0 aromatic heterocycles. The Balaban J connectivity index is 1.68. The van der Waals surface area contributed by atoms with Gasteiger partial charge in [0, 0.05) is 19.3 Å². The van der Waals surface area contributed by atoms with Crippen LogP contribution in [0.15, 0.2) is 24.3 Å². The SMILES string of the molecule is O=C(CN1C(=O)C(=O)c2ccccc21)NC1CCOCC1. The first kappa shape index (κ1) is 13.8. The summed E-state index contributed by atoms with van der Waals surface area (Å²) < 4.78 is 5.23. The number of Topliss-reactive ketones (excluding diaryl/α,β-unsaturated/α-hetero) is 1. The van der Waals surface area contributed by atoms with E-state index >= 15 is 0 Å². The van der Waals surface area contributed by atoms with Crippen molar-refractivity contribution in [1.82, 2.24) is 5.32 Å². The molecular formula is C15H16N2O4. The minimum absolute atomic E-state index is 0.0786. The quantitative estimate of drug-likeness (QED) is 0.822. The molecule has 1 aromatic carbocycles. The number of hydrogen-bond acceptors (Lipinski definition) is 4. The van der Waals surface area contributed by atoms with Gasteiger partial charge in [0.25, 0.3) is 11.7 Å². The topological polar surface area (TPSA) is 75.7 Å². The highest BCUT2D eigenvalue weighted by Gasteiger charge is 2.36. The van der Waals surface area contributed by atoms with Gasteiger partial charge in [-0.2, -0.15) is 0 Å². The predicted molar refractivity (Wildman–Crippen MR) is 75.1 cm³/mol. The van der Waals surface area contributed by atoms with Crippen LogP contribution in [0.3, 0.4) is 0 Å². The summed E-state index contributed by atoms with van der Waals surface area (Å²) >= 11 is 0. The molecule has 0 spiro atoms. The van der Waals surface area contributed by atoms with E-state index in [0.29, 0.717) is 24.5 Å². The summed E-state index contributed by atoms with van der Waals surface area (Å²) in [6, 6.07) is 6.81. The molecule has 2 aliphatic heterocycles. The van der Waals surface area contributed by atoms with Gasteiger partial charge in [-0.15, -0.1) is 0 Å². The van der Waals surface area contributed by atoms with E-state index in [9.17, 15) is 14.4 Å². The fraction of sp³-hybridized carbons (Fsp3) is 0.400. The maximum absolute atomic E-state index is 12.1. The molecule has 0 saturated carbocycles. The maximum Gasteiger partial charge on any atom is 0.299 e. The van der Waals surface area contributed by atoms with Crippen LogP contribution in [0.2, 0.25) is 0 Å². The van der Waals surface area contributed by atoms with Crippen LogP contribution in [0.4, 0.5) is 5.69 Å². The fourth-order valence-electron chi connectivity index (χ4n) is 2.66. The maximum atomic E-state index is 12.1. The molecule has 2 amide bonds. The average Bonchev–Trinajstić information content (AvgIpc) is 2.74. The minimum Gasteiger partial charge on any atom is -0.381 e. The Morgan fingerprint density at radius 2 is 1.95 bits per heavy atom. The van der Waals surface area contributed by atoms with E-state index in [1.54, 1.807) is 24.3 Å². The van der Waals surface area contributed by atoms with Gasteiger partial charge < -0.3 is 10.1 Å². The number of nitrogens with zero attached hydrogens (tertiary/aromatic N) is 1. The number of carbonyl (C=O) groups excluding carboxylic acids is 3. The molecule has 110 valence electrons. The molecule has 2 aliphatic rings. The third-order valence-electron chi connectivity index (χ3n) is 3.77. The van der Waals surface area contributed by atoms with Gasteiger partial charge in [0.05, 0.1) is 11.3 Å². The van der Waals surface area contributed by atoms with E-state index in [-0.39, 0.29) is 18.5 Å². The number of fused-ring (bicyclic) bond motifs is 1. The van der Waals surface area contributed by atoms with Crippen LogP contribution in [-0.4, -0.2) is 43.4 Å². The van der Waals surface area contributed by atoms with E-state index < -0.39 is 11.7 Å². The number of amides is 2. The summed E-state index contributed by atoms with van der Waals surface area (Å²) in [5.74, 6) is -1.44. The molecule has 1 saturated heterocycles. The number of rotatable bonds is 3. The first-order valence-electron chi connectivity index (χ1n) is 6.99. The molecule has 2 heterocycles. The van der Waals surface area contributed by atoms with E-state index in [0.717, 1.165) is 12.8 Å². The van der Waals surface area contributed by atoms with Gasteiger partial charge >= 0.3 is 0 Å². The minimum atomic E-state index is -0.640. The third-order valence-corrected chi connectivity index (χ3v) is 3.77. The molecule has 0 bridgehead atoms. The second-order valence-corrected chi connectivity index (χ2v) is 5.19. The van der Waals surface area contributed by atoms with Crippen molar-refractivity contribution < 1.29 is 19.1 Å². The first-order valence-corrected chi connectivity index (χ1v) is 6.99. The average molecular weight is 288 g/mol. The Labute approximate surface area is 122 Å². The second kappa shape index (κ2) is 5.65. The normalized spacial score (nSPS) is 18.8. The number of carbonyl (C=O) groups is 3. The van der Waals surface area contributed by atoms with Crippen molar-refractivity contribution in [3.8, 4) is 0 Å². The molecule has 6 nitrogen and oxygen atoms in total. The summed E-state index contributed by atoms with van der Waals surface area (Å²) in [4.78, 5) is 37.1. The second-order valence-electron chi connectivity index (χ2n) is 5.19. The van der Waals surface area contributed by atoms with Crippen LogP contribution in [0.25, 0.3) is 0 Å². The Morgan fingerprint density at radius 3 is 2.71 bits per heavy atom. The smallest absolute Gasteiger partial charge is 0.299 e. The Morgan fingerprint density at radius 1 is 1.24 bits per heavy atom. The van der Waals surface area contributed by atoms with Gasteiger partial charge in [0.2, 0.25) is 5.91 Å². The molecule has 0 atom stereocenters.